The van der Waals surface area contributed by atoms with Crippen molar-refractivity contribution in [2.45, 2.75) is 102 Å². The van der Waals surface area contributed by atoms with E-state index in [-0.39, 0.29) is 30.1 Å². The number of benzene rings is 1. The van der Waals surface area contributed by atoms with E-state index in [2.05, 4.69) is 21.3 Å². The maximum Gasteiger partial charge on any atom is 0.246 e. The van der Waals surface area contributed by atoms with Crippen molar-refractivity contribution >= 4 is 40.4 Å². The van der Waals surface area contributed by atoms with Crippen molar-refractivity contribution in [3.8, 4) is 0 Å². The Kier molecular flexibility index (Phi) is 11.8. The zero-order chi connectivity index (χ0) is 32.5. The highest BCUT2D eigenvalue weighted by molar-refractivity contribution is 5.98. The molecular weight excluding hydrogens is 576 g/mol. The number of carbonyl (C=O) groups is 5. The lowest BCUT2D eigenvalue weighted by molar-refractivity contribution is -0.147. The predicted molar refractivity (Wildman–Crippen MR) is 170 cm³/mol. The summed E-state index contributed by atoms with van der Waals surface area (Å²) in [5.41, 5.74) is 1.61. The van der Waals surface area contributed by atoms with Crippen molar-refractivity contribution in [2.24, 2.45) is 5.92 Å². The van der Waals surface area contributed by atoms with Gasteiger partial charge < -0.3 is 31.0 Å². The summed E-state index contributed by atoms with van der Waals surface area (Å²) in [6.07, 6.45) is 7.28. The third kappa shape index (κ3) is 8.15. The summed E-state index contributed by atoms with van der Waals surface area (Å²) in [4.78, 5) is 74.4. The van der Waals surface area contributed by atoms with Crippen LogP contribution in [0.4, 0.5) is 0 Å². The average molecular weight is 625 g/mol. The van der Waals surface area contributed by atoms with E-state index in [9.17, 15) is 24.0 Å². The Morgan fingerprint density at radius 1 is 1.00 bits per heavy atom. The third-order valence-corrected chi connectivity index (χ3v) is 9.19. The number of hydrogen-bond acceptors (Lipinski definition) is 6. The number of amides is 5. The van der Waals surface area contributed by atoms with Crippen molar-refractivity contribution in [3.05, 3.63) is 36.0 Å². The number of unbranched alkanes of at least 4 members (excludes halogenated alkanes) is 2. The molecule has 45 heavy (non-hydrogen) atoms. The number of fused-ring (bicyclic) bond motifs is 2. The van der Waals surface area contributed by atoms with Crippen LogP contribution in [0.3, 0.4) is 0 Å². The number of nitrogens with one attached hydrogen (secondary N) is 4. The highest BCUT2D eigenvalue weighted by Gasteiger charge is 2.40. The molecule has 0 radical (unpaired) electrons. The van der Waals surface area contributed by atoms with Crippen LogP contribution in [-0.2, 0) is 30.4 Å². The van der Waals surface area contributed by atoms with Gasteiger partial charge in [-0.05, 0) is 49.7 Å². The summed E-state index contributed by atoms with van der Waals surface area (Å²) in [5.74, 6) is -1.79. The van der Waals surface area contributed by atoms with Crippen LogP contribution in [0.2, 0.25) is 0 Å². The molecule has 4 rings (SSSR count). The Bertz CT molecular complexity index is 1370. The van der Waals surface area contributed by atoms with Crippen molar-refractivity contribution in [1.82, 2.24) is 30.9 Å². The fourth-order valence-electron chi connectivity index (χ4n) is 6.29. The van der Waals surface area contributed by atoms with Crippen LogP contribution >= 0.6 is 0 Å². The summed E-state index contributed by atoms with van der Waals surface area (Å²) in [5, 5.41) is 12.3. The number of hydrogen-bond donors (Lipinski definition) is 4. The van der Waals surface area contributed by atoms with Gasteiger partial charge in [-0.2, -0.15) is 4.73 Å². The van der Waals surface area contributed by atoms with Gasteiger partial charge in [0.1, 0.15) is 31.3 Å². The van der Waals surface area contributed by atoms with E-state index in [1.165, 1.54) is 0 Å². The van der Waals surface area contributed by atoms with Crippen molar-refractivity contribution in [2.75, 3.05) is 20.7 Å². The minimum absolute atomic E-state index is 0.0477. The van der Waals surface area contributed by atoms with E-state index in [4.69, 9.17) is 4.84 Å². The van der Waals surface area contributed by atoms with Crippen LogP contribution in [0.25, 0.3) is 10.9 Å². The molecular formula is C33H48N6O6. The van der Waals surface area contributed by atoms with Crippen LogP contribution in [0.1, 0.15) is 77.2 Å². The second-order valence-electron chi connectivity index (χ2n) is 12.2. The lowest BCUT2D eigenvalue weighted by Crippen LogP contribution is -2.64. The fourth-order valence-corrected chi connectivity index (χ4v) is 6.29. The summed E-state index contributed by atoms with van der Waals surface area (Å²) in [6, 6.07) is 4.15. The average Bonchev–Trinajstić information content (AvgIpc) is 3.41. The fraction of sp³-hybridized carbons (Fsp3) is 0.606. The first-order chi connectivity index (χ1) is 21.7. The molecule has 2 aromatic rings. The lowest BCUT2D eigenvalue weighted by Gasteiger charge is -2.39. The summed E-state index contributed by atoms with van der Waals surface area (Å²) < 4.78 is 1.61. The molecule has 0 aliphatic carbocycles. The Balaban J connectivity index is 1.66. The van der Waals surface area contributed by atoms with Gasteiger partial charge in [0.25, 0.3) is 0 Å². The molecule has 0 saturated carbocycles. The quantitative estimate of drug-likeness (QED) is 0.280. The van der Waals surface area contributed by atoms with Gasteiger partial charge in [-0.25, -0.2) is 0 Å². The first-order valence-electron chi connectivity index (χ1n) is 16.2. The maximum atomic E-state index is 14.0. The maximum absolute atomic E-state index is 14.0. The van der Waals surface area contributed by atoms with Crippen molar-refractivity contribution < 1.29 is 28.8 Å². The molecule has 1 aromatic heterocycles. The molecule has 1 unspecified atom stereocenters. The number of nitrogens with zero attached hydrogens (tertiary/aromatic N) is 2. The van der Waals surface area contributed by atoms with Gasteiger partial charge >= 0.3 is 0 Å². The van der Waals surface area contributed by atoms with E-state index in [1.807, 2.05) is 38.1 Å². The smallest absolute Gasteiger partial charge is 0.246 e. The molecule has 246 valence electrons. The number of aromatic nitrogens is 1. The lowest BCUT2D eigenvalue weighted by atomic mass is 9.93. The van der Waals surface area contributed by atoms with E-state index in [0.29, 0.717) is 51.5 Å². The standard InChI is InChI=1S/C33H48N6O6/c1-5-21(2)29-33(44)38-18-12-11-16-27(38)32(43)35-24(14-7-6-8-17-28(40)34-3)30(41)36-25(31(42)37-29)19-22-20-39(45-4)26-15-10-9-13-23(22)26/h9-10,13,15,20-21,24-25,27,29H,5-8,11-12,14,16-19H2,1-4H3,(H,34,40)(H,35,43)(H,36,41)(H,37,42)/t21?,24-,25-,27+,29-/m0/s1. The second-order valence-corrected chi connectivity index (χ2v) is 12.2. The van der Waals surface area contributed by atoms with Gasteiger partial charge in [0, 0.05) is 38.0 Å². The monoisotopic (exact) mass is 624 g/mol. The molecule has 2 aliphatic rings. The zero-order valence-corrected chi connectivity index (χ0v) is 26.9. The molecule has 12 heteroatoms. The van der Waals surface area contributed by atoms with Crippen LogP contribution in [0.5, 0.6) is 0 Å². The van der Waals surface area contributed by atoms with Gasteiger partial charge in [-0.3, -0.25) is 24.0 Å². The molecule has 5 atom stereocenters. The Morgan fingerprint density at radius 3 is 2.47 bits per heavy atom. The molecule has 0 bridgehead atoms. The van der Waals surface area contributed by atoms with Crippen LogP contribution in [-0.4, -0.2) is 84.0 Å². The van der Waals surface area contributed by atoms with Gasteiger partial charge in [-0.15, -0.1) is 0 Å². The first-order valence-corrected chi connectivity index (χ1v) is 16.2. The molecule has 12 nitrogen and oxygen atoms in total. The minimum Gasteiger partial charge on any atom is -0.417 e. The summed E-state index contributed by atoms with van der Waals surface area (Å²) in [6.45, 7) is 4.28. The molecule has 2 saturated heterocycles. The van der Waals surface area contributed by atoms with Gasteiger partial charge in [0.15, 0.2) is 0 Å². The summed E-state index contributed by atoms with van der Waals surface area (Å²) in [7, 11) is 3.15. The molecule has 4 N–H and O–H groups in total. The van der Waals surface area contributed by atoms with Crippen LogP contribution < -0.4 is 26.1 Å². The van der Waals surface area contributed by atoms with Crippen molar-refractivity contribution in [3.63, 3.8) is 0 Å². The normalized spacial score (nSPS) is 23.6. The van der Waals surface area contributed by atoms with E-state index in [0.717, 1.165) is 29.3 Å². The predicted octanol–water partition coefficient (Wildman–Crippen LogP) is 1.83. The molecule has 0 spiro atoms. The number of carbonyl (C=O) groups excluding carboxylic acids is 5. The SMILES string of the molecule is CCC(C)[C@@H]1NC(=O)[C@H](Cc2cn(OC)c3ccccc23)NC(=O)[C@H](CCCCCC(=O)NC)NC(=O)[C@H]2CCCCN2C1=O. The van der Waals surface area contributed by atoms with E-state index in [1.54, 1.807) is 30.0 Å². The van der Waals surface area contributed by atoms with Crippen molar-refractivity contribution in [1.29, 1.82) is 0 Å². The van der Waals surface area contributed by atoms with E-state index >= 15 is 0 Å². The Morgan fingerprint density at radius 2 is 1.73 bits per heavy atom. The van der Waals surface area contributed by atoms with Gasteiger partial charge in [0.2, 0.25) is 29.5 Å². The van der Waals surface area contributed by atoms with E-state index < -0.39 is 36.0 Å². The number of piperidine rings is 1. The van der Waals surface area contributed by atoms with Gasteiger partial charge in [-0.1, -0.05) is 51.3 Å². The highest BCUT2D eigenvalue weighted by atomic mass is 16.6. The van der Waals surface area contributed by atoms with Gasteiger partial charge in [0.05, 0.1) is 5.52 Å². The molecule has 2 fully saturated rings. The summed E-state index contributed by atoms with van der Waals surface area (Å²) >= 11 is 0. The highest BCUT2D eigenvalue weighted by Crippen LogP contribution is 2.24. The Labute approximate surface area is 264 Å². The van der Waals surface area contributed by atoms with Crippen LogP contribution in [0.15, 0.2) is 30.5 Å². The molecule has 3 heterocycles. The Hall–Kier alpha value is -4.09. The molecule has 2 aliphatic heterocycles. The minimum atomic E-state index is -1.02. The largest absolute Gasteiger partial charge is 0.417 e. The van der Waals surface area contributed by atoms with Crippen LogP contribution in [0, 0.1) is 5.92 Å². The molecule has 1 aromatic carbocycles. The first kappa shape index (κ1) is 33.8. The zero-order valence-electron chi connectivity index (χ0n) is 26.9. The third-order valence-electron chi connectivity index (χ3n) is 9.19. The molecule has 5 amide bonds. The number of para-hydroxylation sites is 1. The topological polar surface area (TPSA) is 151 Å². The number of rotatable bonds is 11. The second kappa shape index (κ2) is 15.8.